The van der Waals surface area contributed by atoms with Crippen molar-refractivity contribution in [3.63, 3.8) is 0 Å². The minimum Gasteiger partial charge on any atom is -0.208 e. The van der Waals surface area contributed by atoms with Crippen molar-refractivity contribution < 1.29 is 0 Å². The van der Waals surface area contributed by atoms with E-state index in [1.807, 2.05) is 36.4 Å². The molecule has 0 aliphatic rings. The van der Waals surface area contributed by atoms with Crippen LogP contribution in [0.4, 0.5) is 0 Å². The van der Waals surface area contributed by atoms with Crippen molar-refractivity contribution in [3.8, 4) is 45.3 Å². The van der Waals surface area contributed by atoms with Gasteiger partial charge in [-0.25, -0.2) is 15.0 Å². The van der Waals surface area contributed by atoms with E-state index in [0.717, 1.165) is 44.0 Å². The van der Waals surface area contributed by atoms with Gasteiger partial charge in [-0.05, 0) is 72.4 Å². The van der Waals surface area contributed by atoms with Gasteiger partial charge < -0.3 is 0 Å². The maximum absolute atomic E-state index is 5.30. The zero-order valence-corrected chi connectivity index (χ0v) is 33.4. The van der Waals surface area contributed by atoms with Crippen LogP contribution in [0.2, 0.25) is 0 Å². The molecule has 0 unspecified atom stereocenters. The number of rotatable bonds is 8. The monoisotopic (exact) mass is 777 g/mol. The predicted molar refractivity (Wildman–Crippen MR) is 252 cm³/mol. The minimum atomic E-state index is -0.543. The van der Waals surface area contributed by atoms with Crippen LogP contribution < -0.4 is 0 Å². The van der Waals surface area contributed by atoms with Gasteiger partial charge in [-0.2, -0.15) is 0 Å². The molecule has 0 aliphatic carbocycles. The maximum Gasteiger partial charge on any atom is 0.164 e. The summed E-state index contributed by atoms with van der Waals surface area (Å²) in [4.78, 5) is 15.6. The first kappa shape index (κ1) is 36.1. The van der Waals surface area contributed by atoms with Crippen LogP contribution in [0.3, 0.4) is 0 Å². The Balaban J connectivity index is 1.18. The molecule has 1 heterocycles. The molecule has 3 nitrogen and oxygen atoms in total. The second-order valence-corrected chi connectivity index (χ2v) is 15.5. The van der Waals surface area contributed by atoms with E-state index >= 15 is 0 Å². The standard InChI is InChI=1S/C58H39N3/c1-6-20-41(21-7-1)55-59-56(42-22-8-2-9-23-42)61-57(60-55)53-39-43(38-52-50-32-17-16-30-48(50)49-31-18-19-33-51(49)54(52)53)40-34-36-47(37-35-40)58(44-24-10-3-11-25-44,45-26-12-4-13-27-45)46-28-14-5-15-29-46/h1-39H. The average molecular weight is 778 g/mol. The summed E-state index contributed by atoms with van der Waals surface area (Å²) >= 11 is 0. The fraction of sp³-hybridized carbons (Fsp3) is 0.0172. The van der Waals surface area contributed by atoms with E-state index in [1.54, 1.807) is 0 Å². The molecule has 0 aliphatic heterocycles. The van der Waals surface area contributed by atoms with E-state index < -0.39 is 5.41 Å². The summed E-state index contributed by atoms with van der Waals surface area (Å²) in [6.07, 6.45) is 0. The summed E-state index contributed by atoms with van der Waals surface area (Å²) < 4.78 is 0. The predicted octanol–water partition coefficient (Wildman–Crippen LogP) is 14.4. The second kappa shape index (κ2) is 15.3. The molecule has 0 amide bonds. The van der Waals surface area contributed by atoms with Crippen LogP contribution in [0.25, 0.3) is 77.6 Å². The maximum atomic E-state index is 5.30. The third-order valence-corrected chi connectivity index (χ3v) is 12.1. The van der Waals surface area contributed by atoms with E-state index in [1.165, 1.54) is 38.4 Å². The van der Waals surface area contributed by atoms with Crippen LogP contribution in [0.1, 0.15) is 22.3 Å². The van der Waals surface area contributed by atoms with Gasteiger partial charge in [0.25, 0.3) is 0 Å². The molecule has 61 heavy (non-hydrogen) atoms. The van der Waals surface area contributed by atoms with Crippen molar-refractivity contribution in [1.82, 2.24) is 15.0 Å². The van der Waals surface area contributed by atoms with Gasteiger partial charge in [0.15, 0.2) is 17.5 Å². The zero-order chi connectivity index (χ0) is 40.6. The lowest BCUT2D eigenvalue weighted by Gasteiger charge is -2.37. The number of aromatic nitrogens is 3. The smallest absolute Gasteiger partial charge is 0.164 e. The van der Waals surface area contributed by atoms with E-state index in [0.29, 0.717) is 17.5 Å². The molecule has 0 bridgehead atoms. The Kier molecular flexibility index (Phi) is 9.05. The number of hydrogen-bond donors (Lipinski definition) is 0. The van der Waals surface area contributed by atoms with Crippen molar-refractivity contribution in [2.24, 2.45) is 0 Å². The topological polar surface area (TPSA) is 38.7 Å². The molecule has 0 N–H and O–H groups in total. The highest BCUT2D eigenvalue weighted by atomic mass is 15.0. The fourth-order valence-electron chi connectivity index (χ4n) is 9.28. The van der Waals surface area contributed by atoms with E-state index in [-0.39, 0.29) is 0 Å². The highest BCUT2D eigenvalue weighted by Crippen LogP contribution is 2.47. The third kappa shape index (κ3) is 6.27. The lowest BCUT2D eigenvalue weighted by molar-refractivity contribution is 0.745. The minimum absolute atomic E-state index is 0.543. The van der Waals surface area contributed by atoms with Crippen molar-refractivity contribution in [2.75, 3.05) is 0 Å². The molecule has 0 spiro atoms. The highest BCUT2D eigenvalue weighted by molar-refractivity contribution is 6.28. The van der Waals surface area contributed by atoms with Gasteiger partial charge in [0, 0.05) is 22.1 Å². The Labute approximate surface area is 355 Å². The average Bonchev–Trinajstić information content (AvgIpc) is 3.35. The molecule has 10 aromatic carbocycles. The van der Waals surface area contributed by atoms with Gasteiger partial charge in [-0.1, -0.05) is 224 Å². The van der Waals surface area contributed by atoms with Crippen LogP contribution in [0.15, 0.2) is 237 Å². The van der Waals surface area contributed by atoms with Crippen LogP contribution in [-0.2, 0) is 5.41 Å². The Morgan fingerprint density at radius 2 is 0.607 bits per heavy atom. The first-order chi connectivity index (χ1) is 30.3. The van der Waals surface area contributed by atoms with Crippen LogP contribution in [0.5, 0.6) is 0 Å². The number of hydrogen-bond acceptors (Lipinski definition) is 3. The lowest BCUT2D eigenvalue weighted by Crippen LogP contribution is -2.30. The van der Waals surface area contributed by atoms with Crippen molar-refractivity contribution in [2.45, 2.75) is 5.41 Å². The van der Waals surface area contributed by atoms with Crippen molar-refractivity contribution >= 4 is 32.3 Å². The summed E-state index contributed by atoms with van der Waals surface area (Å²) in [6.45, 7) is 0. The summed E-state index contributed by atoms with van der Waals surface area (Å²) in [5, 5.41) is 7.04. The lowest BCUT2D eigenvalue weighted by atomic mass is 9.65. The first-order valence-corrected chi connectivity index (χ1v) is 20.8. The van der Waals surface area contributed by atoms with E-state index in [4.69, 9.17) is 15.0 Å². The molecule has 0 saturated heterocycles. The molecule has 286 valence electrons. The molecule has 0 saturated carbocycles. The van der Waals surface area contributed by atoms with Gasteiger partial charge in [0.2, 0.25) is 0 Å². The van der Waals surface area contributed by atoms with Crippen LogP contribution in [-0.4, -0.2) is 15.0 Å². The summed E-state index contributed by atoms with van der Waals surface area (Å²) in [5.74, 6) is 1.90. The number of nitrogens with zero attached hydrogens (tertiary/aromatic N) is 3. The van der Waals surface area contributed by atoms with Gasteiger partial charge >= 0.3 is 0 Å². The molecular weight excluding hydrogens is 739 g/mol. The highest BCUT2D eigenvalue weighted by Gasteiger charge is 2.38. The van der Waals surface area contributed by atoms with Gasteiger partial charge in [-0.3, -0.25) is 0 Å². The van der Waals surface area contributed by atoms with Crippen LogP contribution >= 0.6 is 0 Å². The molecular formula is C58H39N3. The molecule has 0 atom stereocenters. The number of fused-ring (bicyclic) bond motifs is 6. The first-order valence-electron chi connectivity index (χ1n) is 20.8. The Morgan fingerprint density at radius 1 is 0.246 bits per heavy atom. The third-order valence-electron chi connectivity index (χ3n) is 12.1. The SMILES string of the molecule is c1ccc(-c2nc(-c3ccccc3)nc(-c3cc(-c4ccc(C(c5ccccc5)(c5ccccc5)c5ccccc5)cc4)cc4c5ccccc5c5ccccc5c34)n2)cc1. The van der Waals surface area contributed by atoms with Crippen molar-refractivity contribution in [3.05, 3.63) is 259 Å². The molecule has 11 rings (SSSR count). The summed E-state index contributed by atoms with van der Waals surface area (Å²) in [6, 6.07) is 84.3. The normalized spacial score (nSPS) is 11.6. The van der Waals surface area contributed by atoms with Crippen LogP contribution in [0, 0.1) is 0 Å². The Morgan fingerprint density at radius 3 is 1.08 bits per heavy atom. The van der Waals surface area contributed by atoms with Gasteiger partial charge in [-0.15, -0.1) is 0 Å². The molecule has 11 aromatic rings. The molecule has 0 radical (unpaired) electrons. The number of benzene rings is 10. The van der Waals surface area contributed by atoms with E-state index in [9.17, 15) is 0 Å². The Bertz CT molecular complexity index is 3160. The van der Waals surface area contributed by atoms with Gasteiger partial charge in [0.05, 0.1) is 5.41 Å². The quantitative estimate of drug-likeness (QED) is 0.114. The molecule has 3 heteroatoms. The molecule has 0 fully saturated rings. The van der Waals surface area contributed by atoms with E-state index in [2.05, 4.69) is 200 Å². The fourth-order valence-corrected chi connectivity index (χ4v) is 9.28. The Hall–Kier alpha value is -8.01. The largest absolute Gasteiger partial charge is 0.208 e. The summed E-state index contributed by atoms with van der Waals surface area (Å²) in [5.41, 5.74) is 9.31. The second-order valence-electron chi connectivity index (χ2n) is 15.5. The van der Waals surface area contributed by atoms with Crippen molar-refractivity contribution in [1.29, 1.82) is 0 Å². The zero-order valence-electron chi connectivity index (χ0n) is 33.4. The summed E-state index contributed by atoms with van der Waals surface area (Å²) in [7, 11) is 0. The van der Waals surface area contributed by atoms with Gasteiger partial charge in [0.1, 0.15) is 0 Å². The molecule has 1 aromatic heterocycles.